The van der Waals surface area contributed by atoms with E-state index in [0.717, 1.165) is 11.1 Å². The number of amides is 2. The molecule has 3 aromatic rings. The van der Waals surface area contributed by atoms with E-state index in [2.05, 4.69) is 15.8 Å². The first-order valence-electron chi connectivity index (χ1n) is 10.5. The Morgan fingerprint density at radius 1 is 0.971 bits per heavy atom. The number of carbonyl (C=O) groups is 2. The molecule has 0 atom stereocenters. The first kappa shape index (κ1) is 24.9. The zero-order valence-corrected chi connectivity index (χ0v) is 19.1. The van der Waals surface area contributed by atoms with Crippen molar-refractivity contribution in [2.24, 2.45) is 5.10 Å². The molecule has 0 spiro atoms. The van der Waals surface area contributed by atoms with Crippen LogP contribution in [-0.4, -0.2) is 43.7 Å². The van der Waals surface area contributed by atoms with Crippen molar-refractivity contribution in [3.8, 4) is 11.5 Å². The van der Waals surface area contributed by atoms with Crippen LogP contribution in [0, 0.1) is 10.1 Å². The lowest BCUT2D eigenvalue weighted by Crippen LogP contribution is -2.37. The summed E-state index contributed by atoms with van der Waals surface area (Å²) in [6, 6.07) is 21.1. The van der Waals surface area contributed by atoms with E-state index in [1.165, 1.54) is 32.6 Å². The van der Waals surface area contributed by atoms with Crippen LogP contribution in [0.25, 0.3) is 0 Å². The molecule has 10 heteroatoms. The fourth-order valence-corrected chi connectivity index (χ4v) is 3.42. The third kappa shape index (κ3) is 6.41. The maximum atomic E-state index is 13.0. The summed E-state index contributed by atoms with van der Waals surface area (Å²) in [6.07, 6.45) is 1.21. The monoisotopic (exact) mass is 476 g/mol. The molecule has 2 N–H and O–H groups in total. The fraction of sp³-hybridized carbons (Fsp3) is 0.160. The van der Waals surface area contributed by atoms with Crippen molar-refractivity contribution in [1.82, 2.24) is 10.7 Å². The normalized spacial score (nSPS) is 10.7. The van der Waals surface area contributed by atoms with E-state index in [1.807, 2.05) is 60.7 Å². The topological polar surface area (TPSA) is 132 Å². The molecule has 0 aliphatic rings. The summed E-state index contributed by atoms with van der Waals surface area (Å²) in [6.45, 7) is -0.313. The summed E-state index contributed by atoms with van der Waals surface area (Å²) in [5.74, 6) is -1.20. The van der Waals surface area contributed by atoms with Gasteiger partial charge in [0.15, 0.2) is 0 Å². The van der Waals surface area contributed by atoms with Gasteiger partial charge >= 0.3 is 5.69 Å². The van der Waals surface area contributed by atoms with Crippen molar-refractivity contribution < 1.29 is 24.0 Å². The van der Waals surface area contributed by atoms with Crippen LogP contribution in [0.5, 0.6) is 11.5 Å². The zero-order valence-electron chi connectivity index (χ0n) is 19.1. The van der Waals surface area contributed by atoms with Gasteiger partial charge in [0, 0.05) is 17.7 Å². The highest BCUT2D eigenvalue weighted by Gasteiger charge is 2.23. The lowest BCUT2D eigenvalue weighted by Gasteiger charge is -2.17. The van der Waals surface area contributed by atoms with E-state index >= 15 is 0 Å². The first-order chi connectivity index (χ1) is 16.9. The van der Waals surface area contributed by atoms with Gasteiger partial charge in [-0.2, -0.15) is 5.10 Å². The highest BCUT2D eigenvalue weighted by atomic mass is 16.6. The molecule has 0 fully saturated rings. The Kier molecular flexibility index (Phi) is 8.49. The Morgan fingerprint density at radius 2 is 1.54 bits per heavy atom. The Balaban J connectivity index is 1.66. The molecule has 0 aliphatic heterocycles. The predicted octanol–water partition coefficient (Wildman–Crippen LogP) is 3.01. The number of hydrogen-bond donors (Lipinski definition) is 2. The molecule has 0 saturated heterocycles. The quantitative estimate of drug-likeness (QED) is 0.263. The van der Waals surface area contributed by atoms with Gasteiger partial charge in [-0.05, 0) is 11.1 Å². The van der Waals surface area contributed by atoms with Crippen LogP contribution in [0.3, 0.4) is 0 Å². The first-order valence-corrected chi connectivity index (χ1v) is 10.5. The van der Waals surface area contributed by atoms with Crippen LogP contribution < -0.4 is 20.2 Å². The molecule has 0 unspecified atom stereocenters. The number of rotatable bonds is 10. The molecular formula is C25H24N4O6. The summed E-state index contributed by atoms with van der Waals surface area (Å²) < 4.78 is 10.2. The van der Waals surface area contributed by atoms with Gasteiger partial charge in [0.1, 0.15) is 5.75 Å². The van der Waals surface area contributed by atoms with Gasteiger partial charge in [-0.1, -0.05) is 60.7 Å². The maximum absolute atomic E-state index is 13.0. The molecule has 2 amide bonds. The summed E-state index contributed by atoms with van der Waals surface area (Å²) in [5, 5.41) is 17.7. The molecule has 35 heavy (non-hydrogen) atoms. The summed E-state index contributed by atoms with van der Waals surface area (Å²) in [5.41, 5.74) is 3.87. The second kappa shape index (κ2) is 11.9. The van der Waals surface area contributed by atoms with E-state index in [4.69, 9.17) is 9.47 Å². The van der Waals surface area contributed by atoms with Crippen molar-refractivity contribution >= 4 is 23.7 Å². The molecule has 180 valence electrons. The lowest BCUT2D eigenvalue weighted by atomic mass is 9.90. The van der Waals surface area contributed by atoms with Crippen LogP contribution in [0.1, 0.15) is 22.6 Å². The van der Waals surface area contributed by atoms with Crippen LogP contribution in [0.4, 0.5) is 5.69 Å². The van der Waals surface area contributed by atoms with Crippen molar-refractivity contribution in [2.45, 2.75) is 5.92 Å². The largest absolute Gasteiger partial charge is 0.496 e. The number of nitro benzene ring substituents is 1. The number of carbonyl (C=O) groups excluding carboxylic acids is 2. The van der Waals surface area contributed by atoms with Gasteiger partial charge in [-0.25, -0.2) is 5.43 Å². The van der Waals surface area contributed by atoms with Crippen molar-refractivity contribution in [3.05, 3.63) is 99.6 Å². The van der Waals surface area contributed by atoms with Gasteiger partial charge < -0.3 is 14.8 Å². The zero-order chi connectivity index (χ0) is 25.2. The fourth-order valence-electron chi connectivity index (χ4n) is 3.42. The highest BCUT2D eigenvalue weighted by Crippen LogP contribution is 2.33. The average Bonchev–Trinajstić information content (AvgIpc) is 2.88. The number of benzene rings is 3. The minimum Gasteiger partial charge on any atom is -0.496 e. The number of nitrogens with zero attached hydrogens (tertiary/aromatic N) is 2. The minimum atomic E-state index is -0.598. The second-order valence-electron chi connectivity index (χ2n) is 7.29. The Bertz CT molecular complexity index is 1180. The number of methoxy groups -OCH3 is 2. The standard InChI is InChI=1S/C25H24N4O6/c1-34-21-14-22(35-2)20(29(32)33)13-19(21)15-27-28-23(30)16-26-25(31)24(17-9-5-3-6-10-17)18-11-7-4-8-12-18/h3-15,24H,16H2,1-2H3,(H,26,31)(H,28,30)/b27-15+. The molecule has 0 aliphatic carbocycles. The number of ether oxygens (including phenoxy) is 2. The van der Waals surface area contributed by atoms with Gasteiger partial charge in [-0.15, -0.1) is 0 Å². The summed E-state index contributed by atoms with van der Waals surface area (Å²) >= 11 is 0. The molecule has 0 heterocycles. The van der Waals surface area contributed by atoms with E-state index < -0.39 is 16.7 Å². The van der Waals surface area contributed by atoms with Gasteiger partial charge in [0.25, 0.3) is 5.91 Å². The van der Waals surface area contributed by atoms with E-state index in [0.29, 0.717) is 0 Å². The third-order valence-corrected chi connectivity index (χ3v) is 5.07. The molecular weight excluding hydrogens is 452 g/mol. The van der Waals surface area contributed by atoms with Crippen LogP contribution >= 0.6 is 0 Å². The second-order valence-corrected chi connectivity index (χ2v) is 7.29. The molecule has 3 rings (SSSR count). The van der Waals surface area contributed by atoms with Gasteiger partial charge in [0.05, 0.1) is 37.8 Å². The van der Waals surface area contributed by atoms with E-state index in [9.17, 15) is 19.7 Å². The average molecular weight is 476 g/mol. The van der Waals surface area contributed by atoms with Gasteiger partial charge in [-0.3, -0.25) is 19.7 Å². The molecule has 0 saturated carbocycles. The molecule has 10 nitrogen and oxygen atoms in total. The number of hydrogen-bond acceptors (Lipinski definition) is 7. The molecule has 0 radical (unpaired) electrons. The summed E-state index contributed by atoms with van der Waals surface area (Å²) in [4.78, 5) is 35.9. The van der Waals surface area contributed by atoms with Crippen LogP contribution in [0.2, 0.25) is 0 Å². The van der Waals surface area contributed by atoms with Crippen molar-refractivity contribution in [1.29, 1.82) is 0 Å². The van der Waals surface area contributed by atoms with Crippen molar-refractivity contribution in [2.75, 3.05) is 20.8 Å². The number of nitrogens with one attached hydrogen (secondary N) is 2. The Hall–Kier alpha value is -4.73. The number of nitro groups is 1. The molecule has 3 aromatic carbocycles. The van der Waals surface area contributed by atoms with Crippen molar-refractivity contribution in [3.63, 3.8) is 0 Å². The van der Waals surface area contributed by atoms with E-state index in [-0.39, 0.29) is 35.2 Å². The molecule has 0 bridgehead atoms. The lowest BCUT2D eigenvalue weighted by molar-refractivity contribution is -0.385. The van der Waals surface area contributed by atoms with E-state index in [1.54, 1.807) is 0 Å². The SMILES string of the molecule is COc1cc(OC)c([N+](=O)[O-])cc1/C=N/NC(=O)CNC(=O)C(c1ccccc1)c1ccccc1. The number of hydrazone groups is 1. The maximum Gasteiger partial charge on any atom is 0.311 e. The smallest absolute Gasteiger partial charge is 0.311 e. The minimum absolute atomic E-state index is 0.0298. The van der Waals surface area contributed by atoms with Crippen LogP contribution in [0.15, 0.2) is 77.9 Å². The predicted molar refractivity (Wildman–Crippen MR) is 130 cm³/mol. The Morgan fingerprint density at radius 3 is 2.06 bits per heavy atom. The van der Waals surface area contributed by atoms with Crippen LogP contribution in [-0.2, 0) is 9.59 Å². The van der Waals surface area contributed by atoms with Gasteiger partial charge in [0.2, 0.25) is 11.7 Å². The Labute approximate surface area is 201 Å². The third-order valence-electron chi connectivity index (χ3n) is 5.07. The summed E-state index contributed by atoms with van der Waals surface area (Å²) in [7, 11) is 2.70. The molecule has 0 aromatic heterocycles. The highest BCUT2D eigenvalue weighted by molar-refractivity contribution is 5.91.